The molecule has 2 heterocycles. The Morgan fingerprint density at radius 2 is 2.29 bits per heavy atom. The van der Waals surface area contributed by atoms with E-state index in [1.54, 1.807) is 25.4 Å². The summed E-state index contributed by atoms with van der Waals surface area (Å²) in [5.74, 6) is 3.33. The van der Waals surface area contributed by atoms with E-state index in [0.717, 1.165) is 29.2 Å². The lowest BCUT2D eigenvalue weighted by molar-refractivity contribution is 0.0950. The largest absolute Gasteiger partial charge is 0.497 e. The van der Waals surface area contributed by atoms with Crippen LogP contribution < -0.4 is 14.8 Å². The van der Waals surface area contributed by atoms with Gasteiger partial charge in [0.15, 0.2) is 0 Å². The summed E-state index contributed by atoms with van der Waals surface area (Å²) in [6, 6.07) is 11.1. The second-order valence-corrected chi connectivity index (χ2v) is 6.67. The average molecular weight is 344 g/mol. The minimum absolute atomic E-state index is 0.159. The summed E-state index contributed by atoms with van der Waals surface area (Å²) in [4.78, 5) is 16.4. The lowest BCUT2D eigenvalue weighted by Crippen LogP contribution is -2.23. The van der Waals surface area contributed by atoms with Crippen LogP contribution in [0.3, 0.4) is 0 Å². The minimum Gasteiger partial charge on any atom is -0.497 e. The van der Waals surface area contributed by atoms with Crippen LogP contribution in [0, 0.1) is 0 Å². The lowest BCUT2D eigenvalue weighted by atomic mass is 10.2. The number of rotatable bonds is 6. The van der Waals surface area contributed by atoms with Crippen molar-refractivity contribution in [1.82, 2.24) is 10.3 Å². The number of methoxy groups -OCH3 is 1. The van der Waals surface area contributed by atoms with Gasteiger partial charge in [0.1, 0.15) is 11.9 Å². The summed E-state index contributed by atoms with van der Waals surface area (Å²) < 4.78 is 11.0. The number of hydrogen-bond donors (Lipinski definition) is 1. The molecule has 0 radical (unpaired) electrons. The van der Waals surface area contributed by atoms with Crippen LogP contribution in [0.25, 0.3) is 0 Å². The van der Waals surface area contributed by atoms with Crippen molar-refractivity contribution in [2.24, 2.45) is 0 Å². The Morgan fingerprint density at radius 1 is 1.38 bits per heavy atom. The molecule has 0 saturated carbocycles. The van der Waals surface area contributed by atoms with Gasteiger partial charge in [-0.2, -0.15) is 11.8 Å². The highest BCUT2D eigenvalue weighted by Gasteiger charge is 2.17. The maximum absolute atomic E-state index is 12.2. The molecule has 1 aliphatic rings. The van der Waals surface area contributed by atoms with E-state index in [9.17, 15) is 4.79 Å². The van der Waals surface area contributed by atoms with Crippen molar-refractivity contribution in [3.63, 3.8) is 0 Å². The van der Waals surface area contributed by atoms with Crippen molar-refractivity contribution < 1.29 is 14.3 Å². The summed E-state index contributed by atoms with van der Waals surface area (Å²) in [5.41, 5.74) is 1.50. The number of nitrogens with zero attached hydrogens (tertiary/aromatic N) is 1. The molecule has 1 fully saturated rings. The zero-order valence-electron chi connectivity index (χ0n) is 13.5. The Kier molecular flexibility index (Phi) is 5.59. The van der Waals surface area contributed by atoms with Gasteiger partial charge in [-0.1, -0.05) is 12.1 Å². The standard InChI is InChI=1S/C18H20N2O3S/c1-22-15-4-2-3-13(9-15)10-20-18(21)14-5-6-17(19-11-14)23-16-7-8-24-12-16/h2-6,9,11,16H,7-8,10,12H2,1H3,(H,20,21). The van der Waals surface area contributed by atoms with Gasteiger partial charge in [-0.05, 0) is 35.9 Å². The minimum atomic E-state index is -0.159. The third kappa shape index (κ3) is 4.41. The summed E-state index contributed by atoms with van der Waals surface area (Å²) in [7, 11) is 1.62. The van der Waals surface area contributed by atoms with E-state index in [4.69, 9.17) is 9.47 Å². The van der Waals surface area contributed by atoms with E-state index in [0.29, 0.717) is 18.0 Å². The predicted octanol–water partition coefficient (Wildman–Crippen LogP) is 2.90. The van der Waals surface area contributed by atoms with Crippen LogP contribution in [0.5, 0.6) is 11.6 Å². The molecule has 0 spiro atoms. The maximum atomic E-state index is 12.2. The molecule has 126 valence electrons. The number of ether oxygens (including phenoxy) is 2. The van der Waals surface area contributed by atoms with Crippen molar-refractivity contribution >= 4 is 17.7 Å². The van der Waals surface area contributed by atoms with Crippen LogP contribution in [0.4, 0.5) is 0 Å². The van der Waals surface area contributed by atoms with Crippen LogP contribution >= 0.6 is 11.8 Å². The van der Waals surface area contributed by atoms with Crippen LogP contribution in [-0.2, 0) is 6.54 Å². The Morgan fingerprint density at radius 3 is 3.00 bits per heavy atom. The molecule has 1 saturated heterocycles. The highest BCUT2D eigenvalue weighted by molar-refractivity contribution is 7.99. The summed E-state index contributed by atoms with van der Waals surface area (Å²) >= 11 is 1.89. The second-order valence-electron chi connectivity index (χ2n) is 5.52. The maximum Gasteiger partial charge on any atom is 0.253 e. The van der Waals surface area contributed by atoms with Gasteiger partial charge < -0.3 is 14.8 Å². The third-order valence-electron chi connectivity index (χ3n) is 3.76. The van der Waals surface area contributed by atoms with Crippen LogP contribution in [0.15, 0.2) is 42.6 Å². The van der Waals surface area contributed by atoms with Gasteiger partial charge in [0.25, 0.3) is 5.91 Å². The first-order valence-electron chi connectivity index (χ1n) is 7.86. The normalized spacial score (nSPS) is 16.6. The highest BCUT2D eigenvalue weighted by atomic mass is 32.2. The molecule has 1 unspecified atom stereocenters. The molecule has 0 aliphatic carbocycles. The Labute approximate surface area is 145 Å². The van der Waals surface area contributed by atoms with E-state index < -0.39 is 0 Å². The number of pyridine rings is 1. The average Bonchev–Trinajstić information content (AvgIpc) is 3.13. The summed E-state index contributed by atoms with van der Waals surface area (Å²) in [6.45, 7) is 0.438. The SMILES string of the molecule is COc1cccc(CNC(=O)c2ccc(OC3CCSC3)nc2)c1. The zero-order chi connectivity index (χ0) is 16.8. The van der Waals surface area contributed by atoms with Crippen molar-refractivity contribution in [1.29, 1.82) is 0 Å². The van der Waals surface area contributed by atoms with E-state index in [2.05, 4.69) is 10.3 Å². The molecule has 0 bridgehead atoms. The number of carbonyl (C=O) groups is 1. The van der Waals surface area contributed by atoms with Crippen molar-refractivity contribution in [2.75, 3.05) is 18.6 Å². The summed E-state index contributed by atoms with van der Waals surface area (Å²) in [5, 5.41) is 2.88. The predicted molar refractivity (Wildman–Crippen MR) is 94.8 cm³/mol. The molecule has 5 nitrogen and oxygen atoms in total. The molecule has 1 aromatic carbocycles. The molecule has 1 amide bonds. The molecular weight excluding hydrogens is 324 g/mol. The van der Waals surface area contributed by atoms with E-state index in [1.165, 1.54) is 0 Å². The second kappa shape index (κ2) is 8.06. The fourth-order valence-corrected chi connectivity index (χ4v) is 3.52. The van der Waals surface area contributed by atoms with E-state index in [-0.39, 0.29) is 12.0 Å². The number of benzene rings is 1. The third-order valence-corrected chi connectivity index (χ3v) is 4.89. The number of hydrogen-bond acceptors (Lipinski definition) is 5. The molecular formula is C18H20N2O3S. The van der Waals surface area contributed by atoms with Gasteiger partial charge in [0, 0.05) is 24.6 Å². The molecule has 24 heavy (non-hydrogen) atoms. The fraction of sp³-hybridized carbons (Fsp3) is 0.333. The summed E-state index contributed by atoms with van der Waals surface area (Å²) in [6.07, 6.45) is 2.84. The van der Waals surface area contributed by atoms with Crippen LogP contribution in [0.2, 0.25) is 0 Å². The number of amides is 1. The Bertz CT molecular complexity index is 685. The van der Waals surface area contributed by atoms with E-state index in [1.807, 2.05) is 36.0 Å². The molecule has 1 atom stereocenters. The number of nitrogens with one attached hydrogen (secondary N) is 1. The first-order valence-corrected chi connectivity index (χ1v) is 9.01. The Hall–Kier alpha value is -2.21. The van der Waals surface area contributed by atoms with Gasteiger partial charge in [-0.15, -0.1) is 0 Å². The number of thioether (sulfide) groups is 1. The van der Waals surface area contributed by atoms with Crippen molar-refractivity contribution in [3.05, 3.63) is 53.7 Å². The zero-order valence-corrected chi connectivity index (χ0v) is 14.3. The van der Waals surface area contributed by atoms with Gasteiger partial charge in [0.05, 0.1) is 12.7 Å². The fourth-order valence-electron chi connectivity index (χ4n) is 2.43. The van der Waals surface area contributed by atoms with Crippen molar-refractivity contribution in [3.8, 4) is 11.6 Å². The monoisotopic (exact) mass is 344 g/mol. The first-order chi connectivity index (χ1) is 11.7. The lowest BCUT2D eigenvalue weighted by Gasteiger charge is -2.11. The molecule has 2 aromatic rings. The van der Waals surface area contributed by atoms with Crippen molar-refractivity contribution in [2.45, 2.75) is 19.1 Å². The van der Waals surface area contributed by atoms with Gasteiger partial charge in [0.2, 0.25) is 5.88 Å². The molecule has 3 rings (SSSR count). The molecule has 6 heteroatoms. The molecule has 1 aliphatic heterocycles. The number of aromatic nitrogens is 1. The van der Waals surface area contributed by atoms with Gasteiger partial charge in [-0.3, -0.25) is 4.79 Å². The van der Waals surface area contributed by atoms with Gasteiger partial charge >= 0.3 is 0 Å². The quantitative estimate of drug-likeness (QED) is 0.873. The smallest absolute Gasteiger partial charge is 0.253 e. The topological polar surface area (TPSA) is 60.5 Å². The number of carbonyl (C=O) groups excluding carboxylic acids is 1. The Balaban J connectivity index is 1.54. The highest BCUT2D eigenvalue weighted by Crippen LogP contribution is 2.22. The molecule has 1 N–H and O–H groups in total. The first kappa shape index (κ1) is 16.6. The van der Waals surface area contributed by atoms with Crippen LogP contribution in [0.1, 0.15) is 22.3 Å². The van der Waals surface area contributed by atoms with Crippen LogP contribution in [-0.4, -0.2) is 35.6 Å². The van der Waals surface area contributed by atoms with Gasteiger partial charge in [-0.25, -0.2) is 4.98 Å². The molecule has 1 aromatic heterocycles. The van der Waals surface area contributed by atoms with E-state index >= 15 is 0 Å².